The molecule has 0 saturated heterocycles. The van der Waals surface area contributed by atoms with E-state index in [9.17, 15) is 0 Å². The average Bonchev–Trinajstić information content (AvgIpc) is 2.64. The molecule has 122 valence electrons. The van der Waals surface area contributed by atoms with Gasteiger partial charge in [-0.2, -0.15) is 0 Å². The zero-order chi connectivity index (χ0) is 15.7. The Bertz CT molecular complexity index is 509. The lowest BCUT2D eigenvalue weighted by Crippen LogP contribution is -2.36. The van der Waals surface area contributed by atoms with Crippen molar-refractivity contribution in [1.82, 2.24) is 4.90 Å². The number of thioether (sulfide) groups is 2. The van der Waals surface area contributed by atoms with Gasteiger partial charge in [-0.15, -0.1) is 23.5 Å². The summed E-state index contributed by atoms with van der Waals surface area (Å²) in [5.41, 5.74) is 0. The van der Waals surface area contributed by atoms with Crippen LogP contribution >= 0.6 is 23.5 Å². The summed E-state index contributed by atoms with van der Waals surface area (Å²) in [5, 5.41) is 0. The van der Waals surface area contributed by atoms with Gasteiger partial charge in [0.1, 0.15) is 0 Å². The molecule has 0 atom stereocenters. The summed E-state index contributed by atoms with van der Waals surface area (Å²) in [7, 11) is 0. The van der Waals surface area contributed by atoms with Gasteiger partial charge in [-0.3, -0.25) is 4.90 Å². The molecule has 0 aliphatic heterocycles. The molecule has 1 nitrogen and oxygen atoms in total. The Balaban J connectivity index is 1.58. The van der Waals surface area contributed by atoms with Gasteiger partial charge in [-0.05, 0) is 37.1 Å². The molecule has 0 bridgehead atoms. The van der Waals surface area contributed by atoms with Gasteiger partial charge >= 0.3 is 0 Å². The highest BCUT2D eigenvalue weighted by atomic mass is 32.2. The maximum atomic E-state index is 2.69. The monoisotopic (exact) mass is 343 g/mol. The molecule has 2 aromatic carbocycles. The Morgan fingerprint density at radius 2 is 1.17 bits per heavy atom. The van der Waals surface area contributed by atoms with Gasteiger partial charge < -0.3 is 0 Å². The van der Waals surface area contributed by atoms with E-state index in [2.05, 4.69) is 65.6 Å². The van der Waals surface area contributed by atoms with Crippen molar-refractivity contribution in [3.05, 3.63) is 60.7 Å². The SMILES string of the molecule is c1ccc(SCN(CSc2ccccc2)C2CCCCC2)cc1. The maximum Gasteiger partial charge on any atom is 0.0502 e. The quantitative estimate of drug-likeness (QED) is 0.440. The molecule has 1 saturated carbocycles. The van der Waals surface area contributed by atoms with Crippen LogP contribution in [0.1, 0.15) is 32.1 Å². The van der Waals surface area contributed by atoms with Crippen molar-refractivity contribution in [1.29, 1.82) is 0 Å². The first-order valence-electron chi connectivity index (χ1n) is 8.51. The zero-order valence-corrected chi connectivity index (χ0v) is 15.2. The molecule has 3 rings (SSSR count). The van der Waals surface area contributed by atoms with Gasteiger partial charge in [0, 0.05) is 15.8 Å². The molecule has 0 radical (unpaired) electrons. The van der Waals surface area contributed by atoms with E-state index < -0.39 is 0 Å². The van der Waals surface area contributed by atoms with Crippen LogP contribution in [0.25, 0.3) is 0 Å². The van der Waals surface area contributed by atoms with Crippen LogP contribution in [0.3, 0.4) is 0 Å². The largest absolute Gasteiger partial charge is 0.281 e. The van der Waals surface area contributed by atoms with Crippen LogP contribution in [0.15, 0.2) is 70.5 Å². The highest BCUT2D eigenvalue weighted by molar-refractivity contribution is 8.00. The van der Waals surface area contributed by atoms with Gasteiger partial charge in [0.25, 0.3) is 0 Å². The molecule has 0 heterocycles. The highest BCUT2D eigenvalue weighted by Gasteiger charge is 2.21. The van der Waals surface area contributed by atoms with Crippen molar-refractivity contribution in [3.8, 4) is 0 Å². The second-order valence-electron chi connectivity index (χ2n) is 6.05. The summed E-state index contributed by atoms with van der Waals surface area (Å²) in [6.45, 7) is 0. The van der Waals surface area contributed by atoms with E-state index in [1.807, 2.05) is 23.5 Å². The standard InChI is InChI=1S/C20H25NS2/c1-4-10-18(11-5-1)21(16-22-19-12-6-2-7-13-19)17-23-20-14-8-3-9-15-20/h2-3,6-9,12-15,18H,1,4-5,10-11,16-17H2. The molecule has 1 aliphatic carbocycles. The van der Waals surface area contributed by atoms with E-state index in [-0.39, 0.29) is 0 Å². The fraction of sp³-hybridized carbons (Fsp3) is 0.400. The van der Waals surface area contributed by atoms with E-state index in [4.69, 9.17) is 0 Å². The second kappa shape index (κ2) is 9.41. The maximum absolute atomic E-state index is 2.69. The highest BCUT2D eigenvalue weighted by Crippen LogP contribution is 2.29. The van der Waals surface area contributed by atoms with E-state index in [0.29, 0.717) is 0 Å². The Hall–Kier alpha value is -0.900. The van der Waals surface area contributed by atoms with Gasteiger partial charge in [0.05, 0.1) is 11.8 Å². The van der Waals surface area contributed by atoms with Crippen molar-refractivity contribution in [2.24, 2.45) is 0 Å². The number of rotatable bonds is 7. The summed E-state index contributed by atoms with van der Waals surface area (Å²) in [4.78, 5) is 5.44. The molecule has 0 amide bonds. The van der Waals surface area contributed by atoms with Gasteiger partial charge in [0.15, 0.2) is 0 Å². The lowest BCUT2D eigenvalue weighted by Gasteiger charge is -2.33. The molecular weight excluding hydrogens is 318 g/mol. The Labute approximate surface area is 148 Å². The van der Waals surface area contributed by atoms with Gasteiger partial charge in [-0.1, -0.05) is 55.7 Å². The van der Waals surface area contributed by atoms with Crippen molar-refractivity contribution < 1.29 is 0 Å². The van der Waals surface area contributed by atoms with Crippen LogP contribution in [-0.2, 0) is 0 Å². The predicted octanol–water partition coefficient (Wildman–Crippen LogP) is 6.12. The number of hydrogen-bond donors (Lipinski definition) is 0. The summed E-state index contributed by atoms with van der Waals surface area (Å²) >= 11 is 3.94. The smallest absolute Gasteiger partial charge is 0.0502 e. The summed E-state index contributed by atoms with van der Waals surface area (Å²) in [6.07, 6.45) is 6.94. The minimum absolute atomic E-state index is 0.760. The van der Waals surface area contributed by atoms with Gasteiger partial charge in [-0.25, -0.2) is 0 Å². The zero-order valence-electron chi connectivity index (χ0n) is 13.6. The third-order valence-corrected chi connectivity index (χ3v) is 6.50. The molecule has 2 aromatic rings. The van der Waals surface area contributed by atoms with E-state index in [1.165, 1.54) is 41.9 Å². The number of hydrogen-bond acceptors (Lipinski definition) is 3. The van der Waals surface area contributed by atoms with E-state index in [0.717, 1.165) is 17.8 Å². The van der Waals surface area contributed by atoms with Crippen LogP contribution < -0.4 is 0 Å². The summed E-state index contributed by atoms with van der Waals surface area (Å²) in [5.74, 6) is 2.18. The molecule has 1 fully saturated rings. The van der Waals surface area contributed by atoms with E-state index >= 15 is 0 Å². The average molecular weight is 344 g/mol. The Morgan fingerprint density at radius 3 is 1.65 bits per heavy atom. The molecular formula is C20H25NS2. The lowest BCUT2D eigenvalue weighted by molar-refractivity contribution is 0.212. The number of nitrogens with zero attached hydrogens (tertiary/aromatic N) is 1. The molecule has 23 heavy (non-hydrogen) atoms. The van der Waals surface area contributed by atoms with Crippen molar-refractivity contribution >= 4 is 23.5 Å². The first-order valence-corrected chi connectivity index (χ1v) is 10.5. The molecule has 1 aliphatic rings. The van der Waals surface area contributed by atoms with Gasteiger partial charge in [0.2, 0.25) is 0 Å². The topological polar surface area (TPSA) is 3.24 Å². The fourth-order valence-electron chi connectivity index (χ4n) is 3.04. The molecule has 0 aromatic heterocycles. The van der Waals surface area contributed by atoms with Crippen molar-refractivity contribution in [2.75, 3.05) is 11.8 Å². The van der Waals surface area contributed by atoms with Crippen molar-refractivity contribution in [2.45, 2.75) is 47.9 Å². The third kappa shape index (κ3) is 5.59. The molecule has 3 heteroatoms. The van der Waals surface area contributed by atoms with Crippen LogP contribution in [0, 0.1) is 0 Å². The summed E-state index contributed by atoms with van der Waals surface area (Å²) in [6, 6.07) is 22.3. The molecule has 0 spiro atoms. The van der Waals surface area contributed by atoms with Crippen LogP contribution in [0.2, 0.25) is 0 Å². The lowest BCUT2D eigenvalue weighted by atomic mass is 9.95. The fourth-order valence-corrected chi connectivity index (χ4v) is 5.09. The van der Waals surface area contributed by atoms with Crippen LogP contribution in [0.4, 0.5) is 0 Å². The summed E-state index contributed by atoms with van der Waals surface area (Å²) < 4.78 is 0. The molecule has 0 N–H and O–H groups in total. The number of benzene rings is 2. The second-order valence-corrected chi connectivity index (χ2v) is 8.09. The minimum Gasteiger partial charge on any atom is -0.281 e. The van der Waals surface area contributed by atoms with Crippen molar-refractivity contribution in [3.63, 3.8) is 0 Å². The minimum atomic E-state index is 0.760. The molecule has 0 unspecified atom stereocenters. The first kappa shape index (κ1) is 16.9. The third-order valence-electron chi connectivity index (χ3n) is 4.37. The first-order chi connectivity index (χ1) is 11.4. The Morgan fingerprint density at radius 1 is 0.696 bits per heavy atom. The normalized spacial score (nSPS) is 15.9. The predicted molar refractivity (Wildman–Crippen MR) is 103 cm³/mol. The van der Waals surface area contributed by atoms with Crippen LogP contribution in [-0.4, -0.2) is 22.7 Å². The van der Waals surface area contributed by atoms with E-state index in [1.54, 1.807) is 0 Å². The van der Waals surface area contributed by atoms with Crippen LogP contribution in [0.5, 0.6) is 0 Å². The Kier molecular flexibility index (Phi) is 6.93.